The number of rotatable bonds is 4. The van der Waals surface area contributed by atoms with Crippen LogP contribution in [0.2, 0.25) is 0 Å². The number of carbonyl (C=O) groups is 2. The number of hydrogen-bond acceptors (Lipinski definition) is 4. The van der Waals surface area contributed by atoms with Crippen LogP contribution in [0.1, 0.15) is 19.8 Å². The molecule has 1 fully saturated rings. The molecule has 0 radical (unpaired) electrons. The molecular formula is C10H18N2O3S. The number of aliphatic hydroxyl groups excluding tert-OH is 1. The molecule has 1 saturated heterocycles. The molecule has 1 aliphatic heterocycles. The molecule has 0 aromatic carbocycles. The van der Waals surface area contributed by atoms with Crippen molar-refractivity contribution >= 4 is 24.4 Å². The Morgan fingerprint density at radius 2 is 2.31 bits per heavy atom. The first kappa shape index (κ1) is 13.3. The number of carbonyl (C=O) groups excluding carboxylic acids is 2. The summed E-state index contributed by atoms with van der Waals surface area (Å²) in [5.41, 5.74) is 0. The average Bonchev–Trinajstić information content (AvgIpc) is 2.72. The van der Waals surface area contributed by atoms with E-state index >= 15 is 0 Å². The highest BCUT2D eigenvalue weighted by Crippen LogP contribution is 2.17. The molecule has 0 bridgehead atoms. The number of aliphatic hydroxyl groups is 1. The molecule has 16 heavy (non-hydrogen) atoms. The van der Waals surface area contributed by atoms with Crippen LogP contribution >= 0.6 is 12.6 Å². The van der Waals surface area contributed by atoms with E-state index in [2.05, 4.69) is 17.9 Å². The summed E-state index contributed by atoms with van der Waals surface area (Å²) in [6.07, 6.45) is 1.72. The molecule has 0 spiro atoms. The lowest BCUT2D eigenvalue weighted by Gasteiger charge is -2.27. The molecule has 1 heterocycles. The lowest BCUT2D eigenvalue weighted by molar-refractivity contribution is -0.136. The van der Waals surface area contributed by atoms with Crippen LogP contribution in [0.25, 0.3) is 0 Å². The summed E-state index contributed by atoms with van der Waals surface area (Å²) in [6.45, 7) is 2.00. The summed E-state index contributed by atoms with van der Waals surface area (Å²) in [4.78, 5) is 24.6. The Hall–Kier alpha value is -0.750. The highest BCUT2D eigenvalue weighted by molar-refractivity contribution is 7.80. The summed E-state index contributed by atoms with van der Waals surface area (Å²) in [7, 11) is 0. The van der Waals surface area contributed by atoms with Crippen molar-refractivity contribution in [1.82, 2.24) is 10.2 Å². The van der Waals surface area contributed by atoms with Crippen LogP contribution < -0.4 is 5.32 Å². The van der Waals surface area contributed by atoms with Gasteiger partial charge in [0.25, 0.3) is 0 Å². The molecular weight excluding hydrogens is 228 g/mol. The van der Waals surface area contributed by atoms with Crippen LogP contribution in [0, 0.1) is 0 Å². The fourth-order valence-corrected chi connectivity index (χ4v) is 2.19. The number of thiol groups is 1. The number of likely N-dealkylation sites (tertiary alicyclic amines) is 1. The van der Waals surface area contributed by atoms with Crippen molar-refractivity contribution < 1.29 is 14.7 Å². The molecule has 2 unspecified atom stereocenters. The lowest BCUT2D eigenvalue weighted by atomic mass is 10.2. The monoisotopic (exact) mass is 246 g/mol. The van der Waals surface area contributed by atoms with E-state index in [1.54, 1.807) is 4.90 Å². The van der Waals surface area contributed by atoms with Crippen LogP contribution in [0.15, 0.2) is 0 Å². The Balaban J connectivity index is 2.63. The van der Waals surface area contributed by atoms with Gasteiger partial charge < -0.3 is 15.3 Å². The fourth-order valence-electron chi connectivity index (χ4n) is 1.95. The van der Waals surface area contributed by atoms with E-state index < -0.39 is 6.04 Å². The maximum atomic E-state index is 12.0. The van der Waals surface area contributed by atoms with Crippen LogP contribution in [-0.4, -0.2) is 52.8 Å². The number of hydrogen-bond donors (Lipinski definition) is 3. The Morgan fingerprint density at radius 1 is 1.62 bits per heavy atom. The molecule has 5 nitrogen and oxygen atoms in total. The number of amides is 2. The van der Waals surface area contributed by atoms with Gasteiger partial charge in [0.1, 0.15) is 6.04 Å². The van der Waals surface area contributed by atoms with Gasteiger partial charge in [0, 0.05) is 19.2 Å². The summed E-state index contributed by atoms with van der Waals surface area (Å²) < 4.78 is 0. The molecule has 1 aliphatic rings. The maximum Gasteiger partial charge on any atom is 0.246 e. The molecule has 0 aromatic rings. The zero-order chi connectivity index (χ0) is 12.1. The predicted molar refractivity (Wildman–Crippen MR) is 63.3 cm³/mol. The number of nitrogens with zero attached hydrogens (tertiary/aromatic N) is 1. The SMILES string of the molecule is CC(=O)NC(CS)C(=O)N1CCCC1CO. The van der Waals surface area contributed by atoms with Crippen molar-refractivity contribution in [3.05, 3.63) is 0 Å². The maximum absolute atomic E-state index is 12.0. The molecule has 2 amide bonds. The largest absolute Gasteiger partial charge is 0.394 e. The van der Waals surface area contributed by atoms with Crippen molar-refractivity contribution in [1.29, 1.82) is 0 Å². The third kappa shape index (κ3) is 3.12. The second kappa shape index (κ2) is 6.10. The van der Waals surface area contributed by atoms with Crippen molar-refractivity contribution in [2.75, 3.05) is 18.9 Å². The van der Waals surface area contributed by atoms with E-state index in [0.717, 1.165) is 12.8 Å². The lowest BCUT2D eigenvalue weighted by Crippen LogP contribution is -2.51. The average molecular weight is 246 g/mol. The highest BCUT2D eigenvalue weighted by Gasteiger charge is 2.32. The predicted octanol–water partition coefficient (Wildman–Crippen LogP) is -0.596. The van der Waals surface area contributed by atoms with Gasteiger partial charge in [-0.1, -0.05) is 0 Å². The quantitative estimate of drug-likeness (QED) is 0.580. The van der Waals surface area contributed by atoms with Gasteiger partial charge in [-0.05, 0) is 12.8 Å². The van der Waals surface area contributed by atoms with Gasteiger partial charge in [0.15, 0.2) is 0 Å². The van der Waals surface area contributed by atoms with Crippen molar-refractivity contribution in [2.24, 2.45) is 0 Å². The molecule has 1 rings (SSSR count). The first-order valence-electron chi connectivity index (χ1n) is 5.39. The van der Waals surface area contributed by atoms with Crippen molar-refractivity contribution in [3.8, 4) is 0 Å². The van der Waals surface area contributed by atoms with E-state index in [0.29, 0.717) is 6.54 Å². The summed E-state index contributed by atoms with van der Waals surface area (Å²) in [5.74, 6) is -0.124. The van der Waals surface area contributed by atoms with E-state index in [1.807, 2.05) is 0 Å². The Kier molecular flexibility index (Phi) is 5.08. The van der Waals surface area contributed by atoms with Gasteiger partial charge in [-0.2, -0.15) is 12.6 Å². The molecule has 6 heteroatoms. The molecule has 0 saturated carbocycles. The van der Waals surface area contributed by atoms with E-state index in [-0.39, 0.29) is 30.2 Å². The molecule has 2 atom stereocenters. The zero-order valence-corrected chi connectivity index (χ0v) is 10.2. The van der Waals surface area contributed by atoms with Crippen LogP contribution in [0.3, 0.4) is 0 Å². The molecule has 0 aromatic heterocycles. The van der Waals surface area contributed by atoms with Gasteiger partial charge in [0.05, 0.1) is 12.6 Å². The van der Waals surface area contributed by atoms with Gasteiger partial charge in [0.2, 0.25) is 11.8 Å². The van der Waals surface area contributed by atoms with Crippen LogP contribution in [0.5, 0.6) is 0 Å². The summed E-state index contributed by atoms with van der Waals surface area (Å²) in [5, 5.41) is 11.7. The van der Waals surface area contributed by atoms with E-state index in [1.165, 1.54) is 6.92 Å². The Morgan fingerprint density at radius 3 is 2.81 bits per heavy atom. The van der Waals surface area contributed by atoms with Gasteiger partial charge >= 0.3 is 0 Å². The summed E-state index contributed by atoms with van der Waals surface area (Å²) >= 11 is 4.06. The van der Waals surface area contributed by atoms with Crippen LogP contribution in [-0.2, 0) is 9.59 Å². The van der Waals surface area contributed by atoms with Gasteiger partial charge in [-0.15, -0.1) is 0 Å². The number of nitrogens with one attached hydrogen (secondary N) is 1. The highest BCUT2D eigenvalue weighted by atomic mass is 32.1. The van der Waals surface area contributed by atoms with Crippen LogP contribution in [0.4, 0.5) is 0 Å². The van der Waals surface area contributed by atoms with Crippen molar-refractivity contribution in [3.63, 3.8) is 0 Å². The molecule has 92 valence electrons. The van der Waals surface area contributed by atoms with Gasteiger partial charge in [-0.25, -0.2) is 0 Å². The first-order valence-corrected chi connectivity index (χ1v) is 6.02. The van der Waals surface area contributed by atoms with Gasteiger partial charge in [-0.3, -0.25) is 9.59 Å². The third-order valence-corrected chi connectivity index (χ3v) is 3.09. The molecule has 0 aliphatic carbocycles. The normalized spacial score (nSPS) is 21.9. The van der Waals surface area contributed by atoms with Crippen molar-refractivity contribution in [2.45, 2.75) is 31.8 Å². The summed E-state index contributed by atoms with van der Waals surface area (Å²) in [6, 6.07) is -0.698. The van der Waals surface area contributed by atoms with E-state index in [4.69, 9.17) is 5.11 Å². The Labute approximate surface area is 101 Å². The fraction of sp³-hybridized carbons (Fsp3) is 0.800. The minimum atomic E-state index is -0.590. The second-order valence-corrected chi connectivity index (χ2v) is 4.31. The standard InChI is InChI=1S/C10H18N2O3S/c1-7(14)11-9(6-16)10(15)12-4-2-3-8(12)5-13/h8-9,13,16H,2-6H2,1H3,(H,11,14). The minimum Gasteiger partial charge on any atom is -0.394 e. The van der Waals surface area contributed by atoms with E-state index in [9.17, 15) is 9.59 Å². The molecule has 2 N–H and O–H groups in total. The smallest absolute Gasteiger partial charge is 0.246 e. The zero-order valence-electron chi connectivity index (χ0n) is 9.35. The Bertz CT molecular complexity index is 273. The second-order valence-electron chi connectivity index (χ2n) is 3.95. The topological polar surface area (TPSA) is 69.6 Å². The minimum absolute atomic E-state index is 0.0227. The first-order chi connectivity index (χ1) is 7.60. The third-order valence-electron chi connectivity index (χ3n) is 2.73.